The fourth-order valence-electron chi connectivity index (χ4n) is 4.67. The third-order valence-corrected chi connectivity index (χ3v) is 6.87. The molecule has 3 heteroatoms. The highest BCUT2D eigenvalue weighted by Gasteiger charge is 2.07. The fraction of sp³-hybridized carbons (Fsp3) is 0.0256. The number of nitrogens with one attached hydrogen (secondary N) is 1. The first-order valence-electron chi connectivity index (χ1n) is 13.9. The summed E-state index contributed by atoms with van der Waals surface area (Å²) in [4.78, 5) is 4.36. The van der Waals surface area contributed by atoms with Crippen LogP contribution in [0.25, 0.3) is 33.4 Å². The maximum Gasteiger partial charge on any atom is 0.154 e. The second-order valence-electron chi connectivity index (χ2n) is 9.97. The van der Waals surface area contributed by atoms with Gasteiger partial charge in [-0.3, -0.25) is 5.41 Å². The van der Waals surface area contributed by atoms with Crippen molar-refractivity contribution in [3.8, 4) is 33.4 Å². The van der Waals surface area contributed by atoms with Crippen LogP contribution >= 0.6 is 0 Å². The minimum absolute atomic E-state index is 0.144. The molecule has 0 heterocycles. The van der Waals surface area contributed by atoms with Crippen LogP contribution in [0, 0.1) is 12.3 Å². The molecule has 0 aliphatic heterocycles. The number of rotatable bonds is 5. The van der Waals surface area contributed by atoms with Crippen molar-refractivity contribution in [2.24, 2.45) is 10.7 Å². The molecule has 0 saturated heterocycles. The zero-order chi connectivity index (χ0) is 29.1. The van der Waals surface area contributed by atoms with Gasteiger partial charge in [0.1, 0.15) is 5.84 Å². The van der Waals surface area contributed by atoms with E-state index in [-0.39, 0.29) is 5.84 Å². The zero-order valence-corrected chi connectivity index (χ0v) is 23.6. The summed E-state index contributed by atoms with van der Waals surface area (Å²) in [5, 5.41) is 8.42. The summed E-state index contributed by atoms with van der Waals surface area (Å²) in [6, 6.07) is 55.0. The third-order valence-electron chi connectivity index (χ3n) is 6.87. The van der Waals surface area contributed by atoms with Crippen molar-refractivity contribution in [3.63, 3.8) is 0 Å². The SMILES string of the molecule is Cc1cccc(-c2ccccc2)c1.N=C(N=C(N)c1cccc(-c2ccccc2)c1)c1cccc(-c2ccccc2)c1. The van der Waals surface area contributed by atoms with E-state index in [9.17, 15) is 0 Å². The quantitative estimate of drug-likeness (QED) is 0.165. The van der Waals surface area contributed by atoms with Crippen molar-refractivity contribution < 1.29 is 0 Å². The van der Waals surface area contributed by atoms with Crippen molar-refractivity contribution >= 4 is 11.7 Å². The summed E-state index contributed by atoms with van der Waals surface area (Å²) in [6.45, 7) is 2.12. The van der Waals surface area contributed by atoms with Gasteiger partial charge in [0.25, 0.3) is 0 Å². The lowest BCUT2D eigenvalue weighted by Gasteiger charge is -2.07. The summed E-state index contributed by atoms with van der Waals surface area (Å²) < 4.78 is 0. The lowest BCUT2D eigenvalue weighted by atomic mass is 10.0. The summed E-state index contributed by atoms with van der Waals surface area (Å²) in [5.41, 5.74) is 16.0. The molecule has 6 aromatic carbocycles. The molecule has 0 amide bonds. The molecule has 0 atom stereocenters. The highest BCUT2D eigenvalue weighted by Crippen LogP contribution is 2.22. The van der Waals surface area contributed by atoms with Crippen molar-refractivity contribution in [1.29, 1.82) is 5.41 Å². The van der Waals surface area contributed by atoms with Gasteiger partial charge in [0.2, 0.25) is 0 Å². The number of aliphatic imine (C=N–C) groups is 1. The van der Waals surface area contributed by atoms with Crippen molar-refractivity contribution in [2.45, 2.75) is 6.92 Å². The molecule has 0 aliphatic carbocycles. The molecule has 6 aromatic rings. The van der Waals surface area contributed by atoms with Crippen LogP contribution < -0.4 is 5.73 Å². The first kappa shape index (κ1) is 28.0. The number of aryl methyl sites for hydroxylation is 1. The van der Waals surface area contributed by atoms with Crippen LogP contribution in [0.1, 0.15) is 16.7 Å². The first-order chi connectivity index (χ1) is 20.6. The van der Waals surface area contributed by atoms with Crippen LogP contribution in [0.2, 0.25) is 0 Å². The minimum atomic E-state index is 0.144. The molecule has 0 saturated carbocycles. The van der Waals surface area contributed by atoms with Gasteiger partial charge in [-0.1, -0.05) is 157 Å². The van der Waals surface area contributed by atoms with Gasteiger partial charge in [-0.2, -0.15) is 0 Å². The van der Waals surface area contributed by atoms with Crippen LogP contribution in [-0.4, -0.2) is 11.7 Å². The number of hydrogen-bond acceptors (Lipinski definition) is 1. The molecule has 3 N–H and O–H groups in total. The van der Waals surface area contributed by atoms with Gasteiger partial charge in [-0.25, -0.2) is 4.99 Å². The van der Waals surface area contributed by atoms with Crippen LogP contribution in [0.15, 0.2) is 169 Å². The zero-order valence-electron chi connectivity index (χ0n) is 23.6. The summed E-state index contributed by atoms with van der Waals surface area (Å²) >= 11 is 0. The minimum Gasteiger partial charge on any atom is -0.383 e. The van der Waals surface area contributed by atoms with Crippen LogP contribution in [0.5, 0.6) is 0 Å². The molecule has 6 rings (SSSR count). The van der Waals surface area contributed by atoms with Crippen LogP contribution in [0.4, 0.5) is 0 Å². The lowest BCUT2D eigenvalue weighted by molar-refractivity contribution is 1.40. The average Bonchev–Trinajstić information content (AvgIpc) is 3.06. The largest absolute Gasteiger partial charge is 0.383 e. The Morgan fingerprint density at radius 3 is 1.31 bits per heavy atom. The normalized spacial score (nSPS) is 10.8. The molecule has 0 fully saturated rings. The maximum atomic E-state index is 8.42. The summed E-state index contributed by atoms with van der Waals surface area (Å²) in [6.07, 6.45) is 0. The van der Waals surface area contributed by atoms with E-state index in [0.29, 0.717) is 5.84 Å². The molecule has 0 aromatic heterocycles. The van der Waals surface area contributed by atoms with Gasteiger partial charge in [-0.05, 0) is 52.4 Å². The molecule has 42 heavy (non-hydrogen) atoms. The molecule has 3 nitrogen and oxygen atoms in total. The Balaban J connectivity index is 0.000000226. The van der Waals surface area contributed by atoms with Crippen molar-refractivity contribution in [3.05, 3.63) is 180 Å². The van der Waals surface area contributed by atoms with Crippen molar-refractivity contribution in [2.75, 3.05) is 0 Å². The first-order valence-corrected chi connectivity index (χ1v) is 13.9. The fourth-order valence-corrected chi connectivity index (χ4v) is 4.67. The predicted molar refractivity (Wildman–Crippen MR) is 178 cm³/mol. The van der Waals surface area contributed by atoms with E-state index in [4.69, 9.17) is 11.1 Å². The van der Waals surface area contributed by atoms with Gasteiger partial charge in [0, 0.05) is 11.1 Å². The Kier molecular flexibility index (Phi) is 9.13. The lowest BCUT2D eigenvalue weighted by Crippen LogP contribution is -2.16. The Morgan fingerprint density at radius 1 is 0.452 bits per heavy atom. The van der Waals surface area contributed by atoms with E-state index in [2.05, 4.69) is 84.7 Å². The smallest absolute Gasteiger partial charge is 0.154 e. The molecule has 0 aliphatic rings. The van der Waals surface area contributed by atoms with Crippen LogP contribution in [0.3, 0.4) is 0 Å². The highest BCUT2D eigenvalue weighted by atomic mass is 14.9. The Hall–Kier alpha value is -5.54. The summed E-state index contributed by atoms with van der Waals surface area (Å²) in [5.74, 6) is 0.475. The standard InChI is InChI=1S/C26H21N3.C13H12/c27-25(23-15-7-13-21(17-23)19-9-3-1-4-10-19)29-26(28)24-16-8-14-22(18-24)20-11-5-2-6-12-20;1-11-6-5-9-13(10-11)12-7-3-2-4-8-12/h1-18H,(H3,27,28,29);2-10H,1H3. The maximum absolute atomic E-state index is 8.42. The molecular formula is C39H33N3. The van der Waals surface area contributed by atoms with Gasteiger partial charge in [-0.15, -0.1) is 0 Å². The second-order valence-corrected chi connectivity index (χ2v) is 9.97. The molecule has 0 radical (unpaired) electrons. The monoisotopic (exact) mass is 543 g/mol. The number of amidine groups is 2. The van der Waals surface area contributed by atoms with E-state index in [1.54, 1.807) is 0 Å². The second kappa shape index (κ2) is 13.7. The van der Waals surface area contributed by atoms with Crippen LogP contribution in [-0.2, 0) is 0 Å². The Morgan fingerprint density at radius 2 is 0.833 bits per heavy atom. The van der Waals surface area contributed by atoms with Crippen molar-refractivity contribution in [1.82, 2.24) is 0 Å². The highest BCUT2D eigenvalue weighted by molar-refractivity contribution is 6.10. The number of nitrogens with zero attached hydrogens (tertiary/aromatic N) is 1. The van der Waals surface area contributed by atoms with Gasteiger partial charge in [0.15, 0.2) is 5.84 Å². The third kappa shape index (κ3) is 7.35. The topological polar surface area (TPSA) is 62.2 Å². The Bertz CT molecular complexity index is 1790. The average molecular weight is 544 g/mol. The van der Waals surface area contributed by atoms with E-state index in [0.717, 1.165) is 33.4 Å². The van der Waals surface area contributed by atoms with E-state index in [1.807, 2.05) is 91.0 Å². The van der Waals surface area contributed by atoms with Gasteiger partial charge < -0.3 is 5.73 Å². The van der Waals surface area contributed by atoms with E-state index >= 15 is 0 Å². The number of benzene rings is 6. The molecule has 0 bridgehead atoms. The van der Waals surface area contributed by atoms with Gasteiger partial charge in [0.05, 0.1) is 0 Å². The molecule has 0 unspecified atom stereocenters. The van der Waals surface area contributed by atoms with E-state index < -0.39 is 0 Å². The van der Waals surface area contributed by atoms with Gasteiger partial charge >= 0.3 is 0 Å². The van der Waals surface area contributed by atoms with E-state index in [1.165, 1.54) is 16.7 Å². The predicted octanol–water partition coefficient (Wildman–Crippen LogP) is 9.41. The number of nitrogens with two attached hydrogens (primary N) is 1. The summed E-state index contributed by atoms with van der Waals surface area (Å²) in [7, 11) is 0. The molecule has 204 valence electrons. The Labute approximate surface area is 248 Å². The molecule has 0 spiro atoms. The number of hydrogen-bond donors (Lipinski definition) is 2. The molecular weight excluding hydrogens is 510 g/mol.